The van der Waals surface area contributed by atoms with Crippen LogP contribution in [0.25, 0.3) is 0 Å². The number of methoxy groups -OCH3 is 2. The normalized spacial score (nSPS) is 13.6. The number of hydrogen-bond donors (Lipinski definition) is 1. The first-order valence-electron chi connectivity index (χ1n) is 6.96. The summed E-state index contributed by atoms with van der Waals surface area (Å²) < 4.78 is 10.5. The summed E-state index contributed by atoms with van der Waals surface area (Å²) in [5, 5.41) is 10.7. The van der Waals surface area contributed by atoms with Gasteiger partial charge >= 0.3 is 0 Å². The molecule has 0 aliphatic carbocycles. The molecule has 0 fully saturated rings. The highest BCUT2D eigenvalue weighted by atomic mass is 16.5. The molecule has 2 aromatic carbocycles. The van der Waals surface area contributed by atoms with Crippen LogP contribution < -0.4 is 9.47 Å². The third kappa shape index (κ3) is 3.56. The van der Waals surface area contributed by atoms with E-state index in [1.54, 1.807) is 14.2 Å². The number of benzene rings is 2. The molecule has 1 atom stereocenters. The maximum absolute atomic E-state index is 10.7. The molecule has 0 spiro atoms. The molecule has 0 radical (unpaired) electrons. The van der Waals surface area contributed by atoms with Crippen LogP contribution in [0.15, 0.2) is 42.5 Å². The van der Waals surface area contributed by atoms with E-state index < -0.39 is 5.60 Å². The summed E-state index contributed by atoms with van der Waals surface area (Å²) in [7, 11) is 3.22. The summed E-state index contributed by atoms with van der Waals surface area (Å²) in [5.74, 6) is 1.37. The second-order valence-electron chi connectivity index (χ2n) is 5.51. The monoisotopic (exact) mass is 286 g/mol. The first-order valence-corrected chi connectivity index (χ1v) is 6.96. The van der Waals surface area contributed by atoms with Crippen molar-refractivity contribution >= 4 is 0 Å². The minimum absolute atomic E-state index is 0.510. The highest BCUT2D eigenvalue weighted by Gasteiger charge is 2.24. The number of rotatable bonds is 5. The fourth-order valence-electron chi connectivity index (χ4n) is 2.40. The van der Waals surface area contributed by atoms with Crippen LogP contribution in [0.3, 0.4) is 0 Å². The Hall–Kier alpha value is -2.00. The Morgan fingerprint density at radius 1 is 0.952 bits per heavy atom. The van der Waals surface area contributed by atoms with E-state index in [1.165, 1.54) is 5.56 Å². The first kappa shape index (κ1) is 15.4. The van der Waals surface area contributed by atoms with Gasteiger partial charge in [0.05, 0.1) is 19.8 Å². The highest BCUT2D eigenvalue weighted by Crippen LogP contribution is 2.31. The minimum Gasteiger partial charge on any atom is -0.493 e. The molecule has 112 valence electrons. The minimum atomic E-state index is -0.923. The zero-order chi connectivity index (χ0) is 15.5. The molecular formula is C18H22O3. The molecule has 0 amide bonds. The van der Waals surface area contributed by atoms with Crippen LogP contribution in [-0.2, 0) is 12.0 Å². The molecule has 0 heterocycles. The van der Waals surface area contributed by atoms with Gasteiger partial charge in [-0.25, -0.2) is 0 Å². The highest BCUT2D eigenvalue weighted by molar-refractivity contribution is 5.43. The summed E-state index contributed by atoms with van der Waals surface area (Å²) in [6, 6.07) is 13.7. The molecule has 0 saturated heterocycles. The van der Waals surface area contributed by atoms with Gasteiger partial charge in [-0.2, -0.15) is 0 Å². The van der Waals surface area contributed by atoms with Crippen molar-refractivity contribution in [3.05, 3.63) is 59.2 Å². The van der Waals surface area contributed by atoms with E-state index in [4.69, 9.17) is 9.47 Å². The van der Waals surface area contributed by atoms with Crippen molar-refractivity contribution in [3.8, 4) is 11.5 Å². The van der Waals surface area contributed by atoms with Crippen molar-refractivity contribution in [3.63, 3.8) is 0 Å². The molecular weight excluding hydrogens is 264 g/mol. The van der Waals surface area contributed by atoms with E-state index in [9.17, 15) is 5.11 Å². The van der Waals surface area contributed by atoms with Crippen LogP contribution in [0.4, 0.5) is 0 Å². The molecule has 0 aliphatic heterocycles. The molecule has 0 aliphatic rings. The number of ether oxygens (including phenoxy) is 2. The van der Waals surface area contributed by atoms with Gasteiger partial charge in [-0.05, 0) is 37.1 Å². The molecule has 0 aromatic heterocycles. The van der Waals surface area contributed by atoms with Crippen molar-refractivity contribution in [1.29, 1.82) is 0 Å². The quantitative estimate of drug-likeness (QED) is 0.914. The van der Waals surface area contributed by atoms with E-state index in [0.717, 1.165) is 11.1 Å². The van der Waals surface area contributed by atoms with Gasteiger partial charge in [0.25, 0.3) is 0 Å². The van der Waals surface area contributed by atoms with E-state index in [0.29, 0.717) is 17.9 Å². The predicted octanol–water partition coefficient (Wildman–Crippen LogP) is 3.46. The largest absolute Gasteiger partial charge is 0.493 e. The fourth-order valence-corrected chi connectivity index (χ4v) is 2.40. The van der Waals surface area contributed by atoms with Crippen LogP contribution in [-0.4, -0.2) is 19.3 Å². The molecule has 3 nitrogen and oxygen atoms in total. The summed E-state index contributed by atoms with van der Waals surface area (Å²) in [6.07, 6.45) is 0.510. The zero-order valence-corrected chi connectivity index (χ0v) is 13.0. The molecule has 1 N–H and O–H groups in total. The van der Waals surface area contributed by atoms with Gasteiger partial charge < -0.3 is 14.6 Å². The third-order valence-electron chi connectivity index (χ3n) is 3.67. The molecule has 21 heavy (non-hydrogen) atoms. The summed E-state index contributed by atoms with van der Waals surface area (Å²) in [5.41, 5.74) is 2.16. The Labute approximate surface area is 126 Å². The fraction of sp³-hybridized carbons (Fsp3) is 0.333. The van der Waals surface area contributed by atoms with E-state index >= 15 is 0 Å². The van der Waals surface area contributed by atoms with Crippen molar-refractivity contribution in [2.75, 3.05) is 14.2 Å². The molecule has 2 rings (SSSR count). The second-order valence-corrected chi connectivity index (χ2v) is 5.51. The Bertz CT molecular complexity index is 600. The number of hydrogen-bond acceptors (Lipinski definition) is 3. The lowest BCUT2D eigenvalue weighted by Crippen LogP contribution is -2.24. The van der Waals surface area contributed by atoms with Crippen LogP contribution in [0.2, 0.25) is 0 Å². The van der Waals surface area contributed by atoms with Crippen molar-refractivity contribution in [1.82, 2.24) is 0 Å². The van der Waals surface area contributed by atoms with Crippen molar-refractivity contribution < 1.29 is 14.6 Å². The SMILES string of the molecule is COc1ccc(CC(C)(O)c2ccc(C)cc2)cc1OC. The molecule has 2 aromatic rings. The second kappa shape index (κ2) is 6.19. The first-order chi connectivity index (χ1) is 9.96. The van der Waals surface area contributed by atoms with Crippen molar-refractivity contribution in [2.24, 2.45) is 0 Å². The van der Waals surface area contributed by atoms with E-state index in [2.05, 4.69) is 0 Å². The standard InChI is InChI=1S/C18H22O3/c1-13-5-8-15(9-6-13)18(2,19)12-14-7-10-16(20-3)17(11-14)21-4/h5-11,19H,12H2,1-4H3. The lowest BCUT2D eigenvalue weighted by atomic mass is 9.88. The Balaban J connectivity index is 2.25. The topological polar surface area (TPSA) is 38.7 Å². The summed E-state index contributed by atoms with van der Waals surface area (Å²) in [6.45, 7) is 3.86. The Kier molecular flexibility index (Phi) is 4.53. The van der Waals surface area contributed by atoms with E-state index in [-0.39, 0.29) is 0 Å². The van der Waals surface area contributed by atoms with Gasteiger partial charge in [-0.1, -0.05) is 35.9 Å². The van der Waals surface area contributed by atoms with E-state index in [1.807, 2.05) is 56.3 Å². The maximum Gasteiger partial charge on any atom is 0.160 e. The van der Waals surface area contributed by atoms with Crippen LogP contribution in [0, 0.1) is 6.92 Å². The smallest absolute Gasteiger partial charge is 0.160 e. The summed E-state index contributed by atoms with van der Waals surface area (Å²) >= 11 is 0. The van der Waals surface area contributed by atoms with Crippen molar-refractivity contribution in [2.45, 2.75) is 25.9 Å². The average molecular weight is 286 g/mol. The molecule has 0 saturated carbocycles. The molecule has 3 heteroatoms. The zero-order valence-electron chi connectivity index (χ0n) is 13.0. The van der Waals surface area contributed by atoms with Gasteiger partial charge in [-0.15, -0.1) is 0 Å². The molecule has 0 bridgehead atoms. The van der Waals surface area contributed by atoms with Gasteiger partial charge in [0.1, 0.15) is 0 Å². The Morgan fingerprint density at radius 2 is 1.57 bits per heavy atom. The van der Waals surface area contributed by atoms with Crippen LogP contribution in [0.1, 0.15) is 23.6 Å². The number of aliphatic hydroxyl groups is 1. The van der Waals surface area contributed by atoms with Crippen LogP contribution in [0.5, 0.6) is 11.5 Å². The lowest BCUT2D eigenvalue weighted by molar-refractivity contribution is 0.0575. The molecule has 1 unspecified atom stereocenters. The van der Waals surface area contributed by atoms with Crippen LogP contribution >= 0.6 is 0 Å². The third-order valence-corrected chi connectivity index (χ3v) is 3.67. The van der Waals surface area contributed by atoms with Gasteiger partial charge in [-0.3, -0.25) is 0 Å². The Morgan fingerprint density at radius 3 is 2.14 bits per heavy atom. The van der Waals surface area contributed by atoms with Gasteiger partial charge in [0.15, 0.2) is 11.5 Å². The average Bonchev–Trinajstić information content (AvgIpc) is 2.47. The lowest BCUT2D eigenvalue weighted by Gasteiger charge is -2.24. The predicted molar refractivity (Wildman–Crippen MR) is 84.0 cm³/mol. The van der Waals surface area contributed by atoms with Gasteiger partial charge in [0, 0.05) is 6.42 Å². The number of aryl methyl sites for hydroxylation is 1. The summed E-state index contributed by atoms with van der Waals surface area (Å²) in [4.78, 5) is 0. The van der Waals surface area contributed by atoms with Gasteiger partial charge in [0.2, 0.25) is 0 Å². The maximum atomic E-state index is 10.7.